The van der Waals surface area contributed by atoms with Crippen LogP contribution in [0.3, 0.4) is 0 Å². The summed E-state index contributed by atoms with van der Waals surface area (Å²) < 4.78 is 0. The van der Waals surface area contributed by atoms with E-state index in [1.807, 2.05) is 26.0 Å². The fourth-order valence-corrected chi connectivity index (χ4v) is 2.53. The van der Waals surface area contributed by atoms with E-state index in [9.17, 15) is 9.59 Å². The minimum Gasteiger partial charge on any atom is -0.481 e. The van der Waals surface area contributed by atoms with Crippen LogP contribution in [0.15, 0.2) is 12.1 Å². The Kier molecular flexibility index (Phi) is 4.86. The number of nitrogens with one attached hydrogen (secondary N) is 1. The Morgan fingerprint density at radius 1 is 1.39 bits per heavy atom. The monoisotopic (exact) mass is 270 g/mol. The van der Waals surface area contributed by atoms with Gasteiger partial charge >= 0.3 is 5.97 Å². The van der Waals surface area contributed by atoms with E-state index in [2.05, 4.69) is 5.32 Å². The van der Waals surface area contributed by atoms with Crippen molar-refractivity contribution in [3.63, 3.8) is 0 Å². The van der Waals surface area contributed by atoms with Gasteiger partial charge in [0.1, 0.15) is 0 Å². The Bertz CT molecular complexity index is 440. The van der Waals surface area contributed by atoms with Gasteiger partial charge in [0.05, 0.1) is 6.42 Å². The molecule has 0 saturated heterocycles. The van der Waals surface area contributed by atoms with Crippen LogP contribution in [-0.2, 0) is 22.6 Å². The highest BCUT2D eigenvalue weighted by atomic mass is 32.1. The minimum atomic E-state index is -0.828. The molecule has 4 N–H and O–H groups in total. The van der Waals surface area contributed by atoms with Crippen molar-refractivity contribution in [1.82, 2.24) is 5.32 Å². The van der Waals surface area contributed by atoms with Gasteiger partial charge in [-0.15, -0.1) is 11.3 Å². The van der Waals surface area contributed by atoms with Crippen LogP contribution in [0, 0.1) is 0 Å². The molecule has 1 aromatic rings. The number of amides is 1. The molecule has 0 aromatic carbocycles. The Morgan fingerprint density at radius 2 is 2.00 bits per heavy atom. The van der Waals surface area contributed by atoms with Gasteiger partial charge in [-0.3, -0.25) is 9.59 Å². The molecule has 0 bridgehead atoms. The molecule has 0 radical (unpaired) electrons. The number of primary amides is 1. The Hall–Kier alpha value is -1.40. The highest BCUT2D eigenvalue weighted by Gasteiger charge is 2.19. The molecule has 6 heteroatoms. The van der Waals surface area contributed by atoms with Gasteiger partial charge in [-0.05, 0) is 26.0 Å². The molecule has 0 atom stereocenters. The zero-order chi connectivity index (χ0) is 13.8. The fourth-order valence-electron chi connectivity index (χ4n) is 1.59. The van der Waals surface area contributed by atoms with Crippen LogP contribution in [0.25, 0.3) is 0 Å². The van der Waals surface area contributed by atoms with Crippen LogP contribution < -0.4 is 11.1 Å². The van der Waals surface area contributed by atoms with Crippen LogP contribution >= 0.6 is 11.3 Å². The second-order valence-electron chi connectivity index (χ2n) is 4.82. The summed E-state index contributed by atoms with van der Waals surface area (Å²) in [5.41, 5.74) is 4.81. The number of carboxylic acid groups (broad SMARTS) is 1. The van der Waals surface area contributed by atoms with E-state index in [4.69, 9.17) is 10.8 Å². The predicted molar refractivity (Wildman–Crippen MR) is 70.4 cm³/mol. The Labute approximate surface area is 110 Å². The second kappa shape index (κ2) is 5.97. The van der Waals surface area contributed by atoms with E-state index in [1.54, 1.807) is 0 Å². The lowest BCUT2D eigenvalue weighted by Crippen LogP contribution is -2.42. The van der Waals surface area contributed by atoms with E-state index >= 15 is 0 Å². The van der Waals surface area contributed by atoms with Crippen molar-refractivity contribution in [3.8, 4) is 0 Å². The standard InChI is InChI=1S/C12H18N2O3S/c1-12(2,6-10(13)15)14-7-9-4-3-8(18-9)5-11(16)17/h3-4,14H,5-7H2,1-2H3,(H2,13,15)(H,16,17). The van der Waals surface area contributed by atoms with Gasteiger partial charge in [0.2, 0.25) is 5.91 Å². The summed E-state index contributed by atoms with van der Waals surface area (Å²) in [7, 11) is 0. The normalized spacial score (nSPS) is 11.4. The van der Waals surface area contributed by atoms with Gasteiger partial charge in [-0.1, -0.05) is 0 Å². The molecule has 1 rings (SSSR count). The van der Waals surface area contributed by atoms with Crippen LogP contribution in [-0.4, -0.2) is 22.5 Å². The van der Waals surface area contributed by atoms with Gasteiger partial charge in [0, 0.05) is 28.3 Å². The molecule has 0 aliphatic carbocycles. The highest BCUT2D eigenvalue weighted by molar-refractivity contribution is 7.12. The summed E-state index contributed by atoms with van der Waals surface area (Å²) >= 11 is 1.46. The number of aliphatic carboxylic acids is 1. The molecule has 0 fully saturated rings. The fraction of sp³-hybridized carbons (Fsp3) is 0.500. The van der Waals surface area contributed by atoms with Gasteiger partial charge in [0.15, 0.2) is 0 Å². The first-order valence-electron chi connectivity index (χ1n) is 5.61. The number of carboxylic acids is 1. The van der Waals surface area contributed by atoms with Crippen molar-refractivity contribution < 1.29 is 14.7 Å². The summed E-state index contributed by atoms with van der Waals surface area (Å²) in [4.78, 5) is 23.3. The summed E-state index contributed by atoms with van der Waals surface area (Å²) in [6.07, 6.45) is 0.315. The maximum absolute atomic E-state index is 10.9. The lowest BCUT2D eigenvalue weighted by atomic mass is 10.0. The van der Waals surface area contributed by atoms with E-state index in [1.165, 1.54) is 11.3 Å². The first kappa shape index (κ1) is 14.7. The first-order valence-corrected chi connectivity index (χ1v) is 6.43. The minimum absolute atomic E-state index is 0.0509. The number of carbonyl (C=O) groups excluding carboxylic acids is 1. The van der Waals surface area contributed by atoms with Crippen LogP contribution in [0.4, 0.5) is 0 Å². The van der Waals surface area contributed by atoms with Crippen LogP contribution in [0.5, 0.6) is 0 Å². The molecule has 18 heavy (non-hydrogen) atoms. The van der Waals surface area contributed by atoms with E-state index in [-0.39, 0.29) is 24.3 Å². The van der Waals surface area contributed by atoms with Crippen LogP contribution in [0.2, 0.25) is 0 Å². The summed E-state index contributed by atoms with van der Waals surface area (Å²) in [6, 6.07) is 3.72. The molecule has 1 amide bonds. The van der Waals surface area contributed by atoms with Crippen molar-refractivity contribution in [3.05, 3.63) is 21.9 Å². The Balaban J connectivity index is 2.50. The SMILES string of the molecule is CC(C)(CC(N)=O)NCc1ccc(CC(=O)O)s1. The predicted octanol–water partition coefficient (Wildman–Crippen LogP) is 1.12. The average Bonchev–Trinajstić information content (AvgIpc) is 2.60. The van der Waals surface area contributed by atoms with Crippen molar-refractivity contribution in [2.24, 2.45) is 5.73 Å². The Morgan fingerprint density at radius 3 is 2.56 bits per heavy atom. The highest BCUT2D eigenvalue weighted by Crippen LogP contribution is 2.18. The molecule has 0 spiro atoms. The third kappa shape index (κ3) is 5.29. The molecule has 1 heterocycles. The first-order chi connectivity index (χ1) is 8.28. The molecule has 0 aliphatic heterocycles. The summed E-state index contributed by atoms with van der Waals surface area (Å²) in [6.45, 7) is 4.41. The molecule has 0 unspecified atom stereocenters. The van der Waals surface area contributed by atoms with E-state index < -0.39 is 5.97 Å². The zero-order valence-electron chi connectivity index (χ0n) is 10.5. The molecule has 100 valence electrons. The number of carbonyl (C=O) groups is 2. The molecule has 5 nitrogen and oxygen atoms in total. The second-order valence-corrected chi connectivity index (χ2v) is 6.07. The maximum Gasteiger partial charge on any atom is 0.308 e. The third-order valence-electron chi connectivity index (χ3n) is 2.40. The third-order valence-corrected chi connectivity index (χ3v) is 3.49. The molecule has 1 aromatic heterocycles. The number of rotatable bonds is 7. The average molecular weight is 270 g/mol. The topological polar surface area (TPSA) is 92.4 Å². The van der Waals surface area contributed by atoms with Crippen molar-refractivity contribution in [2.45, 2.75) is 38.8 Å². The van der Waals surface area contributed by atoms with Crippen molar-refractivity contribution in [2.75, 3.05) is 0 Å². The van der Waals surface area contributed by atoms with Gasteiger partial charge in [-0.2, -0.15) is 0 Å². The molecule has 0 saturated carbocycles. The smallest absolute Gasteiger partial charge is 0.308 e. The molecule has 0 aliphatic rings. The lowest BCUT2D eigenvalue weighted by Gasteiger charge is -2.24. The summed E-state index contributed by atoms with van der Waals surface area (Å²) in [5.74, 6) is -1.17. The van der Waals surface area contributed by atoms with E-state index in [0.717, 1.165) is 9.75 Å². The van der Waals surface area contributed by atoms with Crippen molar-refractivity contribution in [1.29, 1.82) is 0 Å². The zero-order valence-corrected chi connectivity index (χ0v) is 11.3. The molecular weight excluding hydrogens is 252 g/mol. The van der Waals surface area contributed by atoms with Crippen molar-refractivity contribution >= 4 is 23.2 Å². The number of hydrogen-bond acceptors (Lipinski definition) is 4. The molecular formula is C12H18N2O3S. The number of hydrogen-bond donors (Lipinski definition) is 3. The maximum atomic E-state index is 10.9. The lowest BCUT2D eigenvalue weighted by molar-refractivity contribution is -0.136. The van der Waals surface area contributed by atoms with Gasteiger partial charge < -0.3 is 16.2 Å². The van der Waals surface area contributed by atoms with Gasteiger partial charge in [-0.25, -0.2) is 0 Å². The van der Waals surface area contributed by atoms with E-state index in [0.29, 0.717) is 6.54 Å². The summed E-state index contributed by atoms with van der Waals surface area (Å²) in [5, 5.41) is 11.9. The quantitative estimate of drug-likeness (QED) is 0.692. The number of thiophene rings is 1. The van der Waals surface area contributed by atoms with Crippen LogP contribution in [0.1, 0.15) is 30.0 Å². The number of nitrogens with two attached hydrogens (primary N) is 1. The largest absolute Gasteiger partial charge is 0.481 e. The van der Waals surface area contributed by atoms with Gasteiger partial charge in [0.25, 0.3) is 0 Å².